The number of nitrogens with zero attached hydrogens (tertiary/aromatic N) is 2. The van der Waals surface area contributed by atoms with Gasteiger partial charge in [-0.2, -0.15) is 0 Å². The van der Waals surface area contributed by atoms with Crippen LogP contribution < -0.4 is 0 Å². The Hall–Kier alpha value is -1.86. The first-order valence-electron chi connectivity index (χ1n) is 7.99. The normalized spacial score (nSPS) is 24.9. The fourth-order valence-electron chi connectivity index (χ4n) is 3.39. The van der Waals surface area contributed by atoms with Crippen LogP contribution in [0.5, 0.6) is 0 Å². The van der Waals surface area contributed by atoms with Crippen LogP contribution in [0.2, 0.25) is 0 Å². The molecule has 3 rings (SSSR count). The first-order valence-corrected chi connectivity index (χ1v) is 7.99. The minimum atomic E-state index is -0.510. The molecule has 3 heterocycles. The van der Waals surface area contributed by atoms with Crippen molar-refractivity contribution in [3.63, 3.8) is 0 Å². The minimum Gasteiger partial charge on any atom is -0.459 e. The van der Waals surface area contributed by atoms with E-state index >= 15 is 0 Å². The quantitative estimate of drug-likeness (QED) is 0.876. The second kappa shape index (κ2) is 6.72. The van der Waals surface area contributed by atoms with E-state index in [1.165, 1.54) is 6.26 Å². The summed E-state index contributed by atoms with van der Waals surface area (Å²) in [5.41, 5.74) is -0.510. The summed E-state index contributed by atoms with van der Waals surface area (Å²) in [5.74, 6) is 0.118. The average Bonchev–Trinajstić information content (AvgIpc) is 3.09. The summed E-state index contributed by atoms with van der Waals surface area (Å²) >= 11 is 0. The van der Waals surface area contributed by atoms with E-state index in [1.807, 2.05) is 0 Å². The van der Waals surface area contributed by atoms with Gasteiger partial charge in [0.25, 0.3) is 5.91 Å². The second-order valence-electron chi connectivity index (χ2n) is 6.13. The molecular formula is C16H22N2O5. The predicted molar refractivity (Wildman–Crippen MR) is 80.8 cm³/mol. The van der Waals surface area contributed by atoms with Crippen LogP contribution in [-0.2, 0) is 9.53 Å². The van der Waals surface area contributed by atoms with Crippen LogP contribution in [0.25, 0.3) is 0 Å². The number of aliphatic hydroxyl groups is 1. The number of rotatable bonds is 3. The van der Waals surface area contributed by atoms with Crippen LogP contribution in [0.3, 0.4) is 0 Å². The van der Waals surface area contributed by atoms with E-state index in [1.54, 1.807) is 21.9 Å². The van der Waals surface area contributed by atoms with Crippen LogP contribution >= 0.6 is 0 Å². The number of likely N-dealkylation sites (tertiary alicyclic amines) is 1. The highest BCUT2D eigenvalue weighted by Gasteiger charge is 2.43. The van der Waals surface area contributed by atoms with Crippen LogP contribution in [0.1, 0.15) is 29.8 Å². The molecule has 2 aliphatic rings. The van der Waals surface area contributed by atoms with E-state index in [9.17, 15) is 9.59 Å². The molecule has 2 fully saturated rings. The smallest absolute Gasteiger partial charge is 0.289 e. The van der Waals surface area contributed by atoms with Gasteiger partial charge in [0.1, 0.15) is 5.60 Å². The Bertz CT molecular complexity index is 555. The summed E-state index contributed by atoms with van der Waals surface area (Å²) in [7, 11) is 0. The van der Waals surface area contributed by atoms with Crippen molar-refractivity contribution in [2.24, 2.45) is 0 Å². The number of piperidine rings is 1. The molecule has 0 saturated carbocycles. The van der Waals surface area contributed by atoms with Crippen molar-refractivity contribution in [2.75, 3.05) is 39.4 Å². The summed E-state index contributed by atoms with van der Waals surface area (Å²) in [6.07, 6.45) is 3.26. The summed E-state index contributed by atoms with van der Waals surface area (Å²) < 4.78 is 11.2. The van der Waals surface area contributed by atoms with Crippen molar-refractivity contribution >= 4 is 11.8 Å². The lowest BCUT2D eigenvalue weighted by Crippen LogP contribution is -2.61. The summed E-state index contributed by atoms with van der Waals surface area (Å²) in [4.78, 5) is 28.0. The molecule has 2 amide bonds. The number of hydrogen-bond acceptors (Lipinski definition) is 5. The molecule has 7 nitrogen and oxygen atoms in total. The summed E-state index contributed by atoms with van der Waals surface area (Å²) in [6.45, 7) is 2.43. The monoisotopic (exact) mass is 322 g/mol. The van der Waals surface area contributed by atoms with Gasteiger partial charge in [0.2, 0.25) is 5.91 Å². The van der Waals surface area contributed by atoms with E-state index in [0.29, 0.717) is 38.5 Å². The molecule has 7 heteroatoms. The SMILES string of the molecule is O=C(CCO)N1CCO[C@]2(CCCN(C(=O)c3ccco3)C2)C1. The topological polar surface area (TPSA) is 83.2 Å². The molecule has 0 aliphatic carbocycles. The molecule has 0 unspecified atom stereocenters. The molecule has 1 atom stereocenters. The fraction of sp³-hybridized carbons (Fsp3) is 0.625. The Balaban J connectivity index is 1.69. The number of morpholine rings is 1. The first-order chi connectivity index (χ1) is 11.1. The highest BCUT2D eigenvalue weighted by molar-refractivity contribution is 5.91. The molecule has 1 spiro atoms. The third kappa shape index (κ3) is 3.40. The zero-order chi connectivity index (χ0) is 16.3. The molecule has 2 aliphatic heterocycles. The molecule has 1 N–H and O–H groups in total. The van der Waals surface area contributed by atoms with E-state index in [4.69, 9.17) is 14.3 Å². The number of ether oxygens (including phenoxy) is 1. The third-order valence-corrected chi connectivity index (χ3v) is 4.49. The average molecular weight is 322 g/mol. The van der Waals surface area contributed by atoms with Crippen molar-refractivity contribution in [1.82, 2.24) is 9.80 Å². The Morgan fingerprint density at radius 2 is 2.09 bits per heavy atom. The van der Waals surface area contributed by atoms with Crippen LogP contribution in [0.4, 0.5) is 0 Å². The van der Waals surface area contributed by atoms with E-state index in [-0.39, 0.29) is 24.8 Å². The molecule has 1 aromatic heterocycles. The lowest BCUT2D eigenvalue weighted by Gasteiger charge is -2.47. The molecule has 126 valence electrons. The summed E-state index contributed by atoms with van der Waals surface area (Å²) in [6, 6.07) is 3.35. The number of carbonyl (C=O) groups excluding carboxylic acids is 2. The number of carbonyl (C=O) groups is 2. The Kier molecular flexibility index (Phi) is 4.68. The number of hydrogen-bond donors (Lipinski definition) is 1. The lowest BCUT2D eigenvalue weighted by molar-refractivity contribution is -0.159. The molecule has 0 bridgehead atoms. The molecule has 0 radical (unpaired) electrons. The van der Waals surface area contributed by atoms with Gasteiger partial charge in [-0.3, -0.25) is 9.59 Å². The van der Waals surface area contributed by atoms with Gasteiger partial charge in [0.05, 0.1) is 32.6 Å². The molecule has 0 aromatic carbocycles. The van der Waals surface area contributed by atoms with Gasteiger partial charge in [-0.25, -0.2) is 0 Å². The minimum absolute atomic E-state index is 0.0651. The van der Waals surface area contributed by atoms with Crippen LogP contribution in [0.15, 0.2) is 22.8 Å². The zero-order valence-electron chi connectivity index (χ0n) is 13.1. The number of aliphatic hydroxyl groups excluding tert-OH is 1. The van der Waals surface area contributed by atoms with Gasteiger partial charge in [-0.15, -0.1) is 0 Å². The zero-order valence-corrected chi connectivity index (χ0v) is 13.1. The van der Waals surface area contributed by atoms with Gasteiger partial charge in [-0.05, 0) is 25.0 Å². The Morgan fingerprint density at radius 1 is 1.26 bits per heavy atom. The number of amides is 2. The molecular weight excluding hydrogens is 300 g/mol. The molecule has 1 aromatic rings. The predicted octanol–water partition coefficient (Wildman–Crippen LogP) is 0.496. The van der Waals surface area contributed by atoms with Crippen LogP contribution in [-0.4, -0.2) is 71.7 Å². The fourth-order valence-corrected chi connectivity index (χ4v) is 3.39. The van der Waals surface area contributed by atoms with Gasteiger partial charge < -0.3 is 24.1 Å². The largest absolute Gasteiger partial charge is 0.459 e. The Labute approximate surface area is 134 Å². The van der Waals surface area contributed by atoms with E-state index in [0.717, 1.165) is 12.8 Å². The van der Waals surface area contributed by atoms with Crippen LogP contribution in [0, 0.1) is 0 Å². The van der Waals surface area contributed by atoms with Gasteiger partial charge in [-0.1, -0.05) is 0 Å². The van der Waals surface area contributed by atoms with Crippen molar-refractivity contribution in [1.29, 1.82) is 0 Å². The van der Waals surface area contributed by atoms with E-state index in [2.05, 4.69) is 0 Å². The Morgan fingerprint density at radius 3 is 2.83 bits per heavy atom. The van der Waals surface area contributed by atoms with Gasteiger partial charge in [0.15, 0.2) is 5.76 Å². The summed E-state index contributed by atoms with van der Waals surface area (Å²) in [5, 5.41) is 8.95. The van der Waals surface area contributed by atoms with Crippen molar-refractivity contribution in [3.05, 3.63) is 24.2 Å². The van der Waals surface area contributed by atoms with Gasteiger partial charge >= 0.3 is 0 Å². The van der Waals surface area contributed by atoms with Crippen molar-refractivity contribution < 1.29 is 23.8 Å². The number of furan rings is 1. The maximum absolute atomic E-state index is 12.5. The van der Waals surface area contributed by atoms with Crippen molar-refractivity contribution in [3.8, 4) is 0 Å². The standard InChI is InChI=1S/C16H22N2O5/c19-8-4-14(20)17-7-10-23-16(11-17)5-2-6-18(12-16)15(21)13-3-1-9-22-13/h1,3,9,19H,2,4-8,10-12H2/t16-/m1/s1. The maximum atomic E-state index is 12.5. The molecule has 2 saturated heterocycles. The second-order valence-corrected chi connectivity index (χ2v) is 6.13. The highest BCUT2D eigenvalue weighted by Crippen LogP contribution is 2.30. The lowest BCUT2D eigenvalue weighted by atomic mass is 9.90. The highest BCUT2D eigenvalue weighted by atomic mass is 16.5. The van der Waals surface area contributed by atoms with Gasteiger partial charge in [0, 0.05) is 19.5 Å². The van der Waals surface area contributed by atoms with E-state index < -0.39 is 5.60 Å². The first kappa shape index (κ1) is 16.0. The third-order valence-electron chi connectivity index (χ3n) is 4.49. The maximum Gasteiger partial charge on any atom is 0.289 e. The van der Waals surface area contributed by atoms with Crippen molar-refractivity contribution in [2.45, 2.75) is 24.9 Å². The molecule has 23 heavy (non-hydrogen) atoms.